The van der Waals surface area contributed by atoms with Gasteiger partial charge in [-0.05, 0) is 90.7 Å². The van der Waals surface area contributed by atoms with E-state index in [1.807, 2.05) is 20.8 Å². The summed E-state index contributed by atoms with van der Waals surface area (Å²) in [6, 6.07) is 8.66. The van der Waals surface area contributed by atoms with Gasteiger partial charge >= 0.3 is 6.09 Å². The first kappa shape index (κ1) is 22.8. The third-order valence-corrected chi connectivity index (χ3v) is 6.56. The van der Waals surface area contributed by atoms with Gasteiger partial charge in [-0.2, -0.15) is 0 Å². The molecule has 1 aromatic heterocycles. The zero-order chi connectivity index (χ0) is 23.0. The molecule has 0 aliphatic carbocycles. The van der Waals surface area contributed by atoms with Crippen molar-refractivity contribution in [3.63, 3.8) is 0 Å². The molecule has 2 aromatic rings. The Balaban J connectivity index is 1.68. The van der Waals surface area contributed by atoms with Crippen molar-refractivity contribution < 1.29 is 9.53 Å². The highest BCUT2D eigenvalue weighted by Gasteiger charge is 2.29. The lowest BCUT2D eigenvalue weighted by Crippen LogP contribution is -2.39. The fourth-order valence-electron chi connectivity index (χ4n) is 4.81. The number of hydrogen-bond acceptors (Lipinski definition) is 4. The molecule has 5 heteroatoms. The van der Waals surface area contributed by atoms with Gasteiger partial charge in [0.05, 0.1) is 11.2 Å². The van der Waals surface area contributed by atoms with Crippen molar-refractivity contribution in [1.82, 2.24) is 14.8 Å². The lowest BCUT2D eigenvalue weighted by Gasteiger charge is -2.34. The van der Waals surface area contributed by atoms with Crippen molar-refractivity contribution in [1.29, 1.82) is 0 Å². The van der Waals surface area contributed by atoms with Gasteiger partial charge < -0.3 is 9.64 Å². The Hall–Kier alpha value is -2.40. The molecule has 1 fully saturated rings. The van der Waals surface area contributed by atoms with Gasteiger partial charge in [-0.1, -0.05) is 25.1 Å². The predicted molar refractivity (Wildman–Crippen MR) is 131 cm³/mol. The van der Waals surface area contributed by atoms with Crippen LogP contribution in [0.5, 0.6) is 0 Å². The summed E-state index contributed by atoms with van der Waals surface area (Å²) in [6.45, 7) is 13.0. The Labute approximate surface area is 192 Å². The van der Waals surface area contributed by atoms with Gasteiger partial charge in [0.1, 0.15) is 5.60 Å². The van der Waals surface area contributed by atoms with Crippen molar-refractivity contribution in [2.75, 3.05) is 26.7 Å². The highest BCUT2D eigenvalue weighted by atomic mass is 16.6. The summed E-state index contributed by atoms with van der Waals surface area (Å²) in [5.74, 6) is 0.927. The molecule has 1 unspecified atom stereocenters. The van der Waals surface area contributed by atoms with Crippen LogP contribution < -0.4 is 0 Å². The van der Waals surface area contributed by atoms with Crippen molar-refractivity contribution in [2.24, 2.45) is 5.92 Å². The minimum atomic E-state index is -0.520. The van der Waals surface area contributed by atoms with Crippen LogP contribution in [0.4, 0.5) is 4.79 Å². The van der Waals surface area contributed by atoms with E-state index < -0.39 is 5.60 Å². The van der Waals surface area contributed by atoms with E-state index in [-0.39, 0.29) is 6.09 Å². The number of ether oxygens (including phenoxy) is 1. The van der Waals surface area contributed by atoms with Gasteiger partial charge in [0.2, 0.25) is 0 Å². The maximum Gasteiger partial charge on any atom is 0.414 e. The molecule has 1 atom stereocenters. The molecule has 0 spiro atoms. The Kier molecular flexibility index (Phi) is 6.30. The van der Waals surface area contributed by atoms with Gasteiger partial charge in [-0.25, -0.2) is 4.79 Å². The summed E-state index contributed by atoms with van der Waals surface area (Å²) in [4.78, 5) is 22.3. The molecular weight excluding hydrogens is 398 g/mol. The van der Waals surface area contributed by atoms with Crippen molar-refractivity contribution in [3.8, 4) is 0 Å². The van der Waals surface area contributed by atoms with Crippen LogP contribution in [-0.4, -0.2) is 53.2 Å². The number of aromatic nitrogens is 1. The Bertz CT molecular complexity index is 1030. The summed E-state index contributed by atoms with van der Waals surface area (Å²) in [5, 5.41) is 1.15. The van der Waals surface area contributed by atoms with Gasteiger partial charge in [0, 0.05) is 29.1 Å². The average molecular weight is 436 g/mol. The van der Waals surface area contributed by atoms with E-state index in [9.17, 15) is 4.79 Å². The maximum absolute atomic E-state index is 13.0. The van der Waals surface area contributed by atoms with E-state index in [1.165, 1.54) is 11.3 Å². The number of allylic oxidation sites excluding steroid dienone is 1. The summed E-state index contributed by atoms with van der Waals surface area (Å²) in [5.41, 5.74) is 4.96. The topological polar surface area (TPSA) is 45.7 Å². The number of rotatable bonds is 2. The summed E-state index contributed by atoms with van der Waals surface area (Å²) in [6.07, 6.45) is 5.16. The molecule has 2 aliphatic rings. The molecule has 1 aromatic carbocycles. The predicted octanol–water partition coefficient (Wildman–Crippen LogP) is 5.97. The Morgan fingerprint density at radius 2 is 1.88 bits per heavy atom. The normalized spacial score (nSPS) is 21.0. The molecular formula is C27H37N3O2. The number of aryl methyl sites for hydroxylation is 1. The van der Waals surface area contributed by atoms with Gasteiger partial charge in [-0.3, -0.25) is 9.88 Å². The van der Waals surface area contributed by atoms with E-state index in [0.29, 0.717) is 18.4 Å². The van der Waals surface area contributed by atoms with Crippen LogP contribution in [0.1, 0.15) is 69.7 Å². The van der Waals surface area contributed by atoms with Crippen molar-refractivity contribution in [2.45, 2.75) is 65.4 Å². The fourth-order valence-corrected chi connectivity index (χ4v) is 4.81. The van der Waals surface area contributed by atoms with E-state index >= 15 is 0 Å². The first-order valence-electron chi connectivity index (χ1n) is 11.9. The zero-order valence-corrected chi connectivity index (χ0v) is 20.4. The number of carbonyl (C=O) groups is 1. The van der Waals surface area contributed by atoms with Crippen LogP contribution in [0.3, 0.4) is 0 Å². The van der Waals surface area contributed by atoms with Gasteiger partial charge in [0.15, 0.2) is 0 Å². The van der Waals surface area contributed by atoms with E-state index in [2.05, 4.69) is 56.1 Å². The maximum atomic E-state index is 13.0. The summed E-state index contributed by atoms with van der Waals surface area (Å²) < 4.78 is 5.71. The number of pyridine rings is 1. The lowest BCUT2D eigenvalue weighted by molar-refractivity contribution is 0.0327. The second-order valence-corrected chi connectivity index (χ2v) is 10.7. The number of hydrogen-bond donors (Lipinski definition) is 0. The molecule has 2 aliphatic heterocycles. The number of fused-ring (bicyclic) bond motifs is 1. The zero-order valence-electron chi connectivity index (χ0n) is 20.4. The van der Waals surface area contributed by atoms with Crippen LogP contribution in [-0.2, 0) is 4.74 Å². The highest BCUT2D eigenvalue weighted by Crippen LogP contribution is 2.33. The van der Waals surface area contributed by atoms with Gasteiger partial charge in [-0.15, -0.1) is 0 Å². The number of carbonyl (C=O) groups excluding carboxylic acids is 1. The monoisotopic (exact) mass is 435 g/mol. The number of benzene rings is 1. The number of nitrogens with zero attached hydrogens (tertiary/aromatic N) is 3. The van der Waals surface area contributed by atoms with Crippen LogP contribution in [0.15, 0.2) is 30.3 Å². The fraction of sp³-hybridized carbons (Fsp3) is 0.556. The number of piperidine rings is 1. The first-order chi connectivity index (χ1) is 15.1. The second-order valence-electron chi connectivity index (χ2n) is 10.7. The molecule has 5 nitrogen and oxygen atoms in total. The molecule has 1 amide bonds. The number of amides is 1. The lowest BCUT2D eigenvalue weighted by atomic mass is 9.90. The van der Waals surface area contributed by atoms with Crippen LogP contribution in [0, 0.1) is 12.8 Å². The Morgan fingerprint density at radius 1 is 1.16 bits per heavy atom. The van der Waals surface area contributed by atoms with Crippen LogP contribution in [0.25, 0.3) is 16.6 Å². The minimum Gasteiger partial charge on any atom is -0.443 e. The Morgan fingerprint density at radius 3 is 2.56 bits per heavy atom. The quantitative estimate of drug-likeness (QED) is 0.583. The van der Waals surface area contributed by atoms with E-state index in [4.69, 9.17) is 9.72 Å². The first-order valence-corrected chi connectivity index (χ1v) is 11.9. The molecule has 3 heterocycles. The van der Waals surface area contributed by atoms with Gasteiger partial charge in [0.25, 0.3) is 0 Å². The molecule has 4 rings (SSSR count). The third kappa shape index (κ3) is 4.98. The van der Waals surface area contributed by atoms with E-state index in [0.717, 1.165) is 54.5 Å². The highest BCUT2D eigenvalue weighted by molar-refractivity contribution is 5.88. The second kappa shape index (κ2) is 8.86. The molecule has 172 valence electrons. The molecule has 0 bridgehead atoms. The van der Waals surface area contributed by atoms with Crippen molar-refractivity contribution in [3.05, 3.63) is 47.2 Å². The largest absolute Gasteiger partial charge is 0.443 e. The molecule has 0 radical (unpaired) electrons. The summed E-state index contributed by atoms with van der Waals surface area (Å²) >= 11 is 0. The SMILES string of the molecule is Cc1cc2ccc(C3=CCC(C)CN3C(=O)OC(C)(C)C)cc2nc1C1CCN(C)CC1. The average Bonchev–Trinajstić information content (AvgIpc) is 2.72. The van der Waals surface area contributed by atoms with E-state index in [1.54, 1.807) is 4.90 Å². The third-order valence-electron chi connectivity index (χ3n) is 6.56. The number of likely N-dealkylation sites (tertiary alicyclic amines) is 1. The molecule has 0 N–H and O–H groups in total. The smallest absolute Gasteiger partial charge is 0.414 e. The van der Waals surface area contributed by atoms with Crippen molar-refractivity contribution >= 4 is 22.7 Å². The van der Waals surface area contributed by atoms with Crippen LogP contribution in [0.2, 0.25) is 0 Å². The minimum absolute atomic E-state index is 0.278. The summed E-state index contributed by atoms with van der Waals surface area (Å²) in [7, 11) is 2.19. The molecule has 32 heavy (non-hydrogen) atoms. The molecule has 0 saturated carbocycles. The molecule has 1 saturated heterocycles. The standard InChI is InChI=1S/C27H37N3O2/c1-18-7-10-24(30(17-18)26(31)32-27(3,4)5)22-9-8-21-15-19(2)25(28-23(21)16-22)20-11-13-29(6)14-12-20/h8-10,15-16,18,20H,7,11-14,17H2,1-6H3. The van der Waals surface area contributed by atoms with Crippen LogP contribution >= 0.6 is 0 Å².